The molecule has 0 atom stereocenters. The Bertz CT molecular complexity index is 431. The van der Waals surface area contributed by atoms with Crippen molar-refractivity contribution in [1.29, 1.82) is 0 Å². The molecule has 1 aromatic carbocycles. The maximum absolute atomic E-state index is 11.9. The van der Waals surface area contributed by atoms with Gasteiger partial charge in [0, 0.05) is 0 Å². The zero-order chi connectivity index (χ0) is 14.3. The molecule has 0 aromatic heterocycles. The first kappa shape index (κ1) is 15.8. The summed E-state index contributed by atoms with van der Waals surface area (Å²) in [5.41, 5.74) is 0.867. The molecule has 4 nitrogen and oxygen atoms in total. The minimum absolute atomic E-state index is 0.00755. The Hall–Kier alpha value is -1.30. The molecule has 0 heterocycles. The number of carbonyl (C=O) groups excluding carboxylic acids is 2. The molecule has 3 radical (unpaired) electrons. The summed E-state index contributed by atoms with van der Waals surface area (Å²) in [7, 11) is 1.75. The molecule has 0 saturated carbocycles. The Morgan fingerprint density at radius 1 is 1.21 bits per heavy atom. The second-order valence-corrected chi connectivity index (χ2v) is 5.37. The van der Waals surface area contributed by atoms with Crippen LogP contribution in [0.3, 0.4) is 0 Å². The van der Waals surface area contributed by atoms with Gasteiger partial charge in [0.2, 0.25) is 0 Å². The number of amides is 1. The topological polar surface area (TPSA) is 46.6 Å². The summed E-state index contributed by atoms with van der Waals surface area (Å²) in [6.45, 7) is 2.16. The third-order valence-corrected chi connectivity index (χ3v) is 3.40. The van der Waals surface area contributed by atoms with E-state index in [-0.39, 0.29) is 11.9 Å². The van der Waals surface area contributed by atoms with Crippen molar-refractivity contribution in [2.24, 2.45) is 0 Å². The van der Waals surface area contributed by atoms with E-state index in [1.54, 1.807) is 18.9 Å². The van der Waals surface area contributed by atoms with Crippen LogP contribution in [0.4, 0.5) is 5.69 Å². The third-order valence-electron chi connectivity index (χ3n) is 2.71. The SMILES string of the molecule is CCOC(=O)CCCC(=O)N(C)c1cc[c]([Ge])cc1. The van der Waals surface area contributed by atoms with Gasteiger partial charge in [-0.15, -0.1) is 0 Å². The summed E-state index contributed by atoms with van der Waals surface area (Å²) < 4.78 is 5.98. The van der Waals surface area contributed by atoms with Gasteiger partial charge in [0.1, 0.15) is 0 Å². The molecule has 0 unspecified atom stereocenters. The number of hydrogen-bond acceptors (Lipinski definition) is 3. The molecule has 1 aromatic rings. The van der Waals surface area contributed by atoms with Crippen LogP contribution < -0.4 is 9.30 Å². The van der Waals surface area contributed by atoms with Crippen molar-refractivity contribution >= 4 is 38.5 Å². The molecule has 5 heteroatoms. The van der Waals surface area contributed by atoms with Crippen LogP contribution in [-0.2, 0) is 14.3 Å². The van der Waals surface area contributed by atoms with E-state index in [2.05, 4.69) is 0 Å². The second-order valence-electron chi connectivity index (χ2n) is 4.16. The molecule has 1 amide bonds. The fourth-order valence-corrected chi connectivity index (χ4v) is 1.96. The van der Waals surface area contributed by atoms with Crippen molar-refractivity contribution in [2.45, 2.75) is 26.2 Å². The average molecular weight is 321 g/mol. The van der Waals surface area contributed by atoms with Gasteiger partial charge in [0.25, 0.3) is 0 Å². The number of ether oxygens (including phenoxy) is 1. The van der Waals surface area contributed by atoms with E-state index >= 15 is 0 Å². The molecule has 0 N–H and O–H groups in total. The quantitative estimate of drug-likeness (QED) is 0.584. The molecule has 0 spiro atoms. The Kier molecular flexibility index (Phi) is 6.63. The standard InChI is InChI=1S/C14H18GeNO3/c1-3-19-14(18)6-4-5-13(17)16(2)12-9-7-11(15)8-10-12/h7-10H,3-6H2,1-2H3. The van der Waals surface area contributed by atoms with Gasteiger partial charge in [0.05, 0.1) is 0 Å². The van der Waals surface area contributed by atoms with E-state index in [0.717, 1.165) is 10.1 Å². The third kappa shape index (κ3) is 5.47. The molecule has 19 heavy (non-hydrogen) atoms. The van der Waals surface area contributed by atoms with E-state index in [4.69, 9.17) is 4.74 Å². The summed E-state index contributed by atoms with van der Waals surface area (Å²) in [4.78, 5) is 24.7. The van der Waals surface area contributed by atoms with Gasteiger partial charge in [-0.3, -0.25) is 0 Å². The minimum atomic E-state index is -0.242. The number of carbonyl (C=O) groups is 2. The Morgan fingerprint density at radius 3 is 2.42 bits per heavy atom. The van der Waals surface area contributed by atoms with Crippen LogP contribution in [0, 0.1) is 0 Å². The van der Waals surface area contributed by atoms with E-state index < -0.39 is 0 Å². The van der Waals surface area contributed by atoms with Crippen LogP contribution in [0.2, 0.25) is 0 Å². The van der Waals surface area contributed by atoms with Crippen molar-refractivity contribution in [1.82, 2.24) is 0 Å². The van der Waals surface area contributed by atoms with E-state index in [9.17, 15) is 9.59 Å². The van der Waals surface area contributed by atoms with Crippen molar-refractivity contribution in [3.05, 3.63) is 24.3 Å². The molecule has 0 bridgehead atoms. The van der Waals surface area contributed by atoms with Crippen LogP contribution in [0.1, 0.15) is 26.2 Å². The van der Waals surface area contributed by atoms with Gasteiger partial charge in [0.15, 0.2) is 0 Å². The molecule has 0 aliphatic carbocycles. The van der Waals surface area contributed by atoms with Crippen LogP contribution in [0.15, 0.2) is 24.3 Å². The average Bonchev–Trinajstić information content (AvgIpc) is 2.39. The predicted molar refractivity (Wildman–Crippen MR) is 75.7 cm³/mol. The van der Waals surface area contributed by atoms with Gasteiger partial charge < -0.3 is 0 Å². The summed E-state index contributed by atoms with van der Waals surface area (Å²) in [6, 6.07) is 7.77. The Labute approximate surface area is 122 Å². The van der Waals surface area contributed by atoms with Crippen LogP contribution in [-0.4, -0.2) is 42.0 Å². The Morgan fingerprint density at radius 2 is 1.84 bits per heavy atom. The predicted octanol–water partition coefficient (Wildman–Crippen LogP) is 1.18. The summed E-state index contributed by atoms with van der Waals surface area (Å²) in [5.74, 6) is -0.235. The van der Waals surface area contributed by atoms with Gasteiger partial charge in [-0.05, 0) is 6.92 Å². The van der Waals surface area contributed by atoms with Gasteiger partial charge in [-0.1, -0.05) is 0 Å². The Balaban J connectivity index is 2.41. The molecule has 0 aliphatic rings. The monoisotopic (exact) mass is 322 g/mol. The van der Waals surface area contributed by atoms with Crippen molar-refractivity contribution in [3.8, 4) is 0 Å². The second kappa shape index (κ2) is 7.99. The van der Waals surface area contributed by atoms with E-state index in [1.165, 1.54) is 0 Å². The molecule has 1 rings (SSSR count). The van der Waals surface area contributed by atoms with E-state index in [0.29, 0.717) is 25.9 Å². The zero-order valence-corrected chi connectivity index (χ0v) is 13.4. The van der Waals surface area contributed by atoms with Gasteiger partial charge in [-0.25, -0.2) is 0 Å². The zero-order valence-electron chi connectivity index (χ0n) is 11.3. The van der Waals surface area contributed by atoms with E-state index in [1.807, 2.05) is 40.8 Å². The summed E-state index contributed by atoms with van der Waals surface area (Å²) >= 11 is 2.00. The molecular weight excluding hydrogens is 303 g/mol. The molecule has 0 fully saturated rings. The van der Waals surface area contributed by atoms with Crippen LogP contribution >= 0.6 is 0 Å². The van der Waals surface area contributed by atoms with Crippen molar-refractivity contribution in [2.75, 3.05) is 18.6 Å². The van der Waals surface area contributed by atoms with Gasteiger partial charge >= 0.3 is 115 Å². The first-order chi connectivity index (χ1) is 9.04. The fourth-order valence-electron chi connectivity index (χ4n) is 1.61. The molecule has 0 aliphatic heterocycles. The number of rotatable bonds is 6. The normalized spacial score (nSPS) is 10.1. The number of nitrogens with zero attached hydrogens (tertiary/aromatic N) is 1. The summed E-state index contributed by atoms with van der Waals surface area (Å²) in [5, 5.41) is 0. The molecule has 101 valence electrons. The number of esters is 1. The number of hydrogen-bond donors (Lipinski definition) is 0. The number of anilines is 1. The first-order valence-corrected chi connectivity index (χ1v) is 7.33. The van der Waals surface area contributed by atoms with Crippen molar-refractivity contribution in [3.63, 3.8) is 0 Å². The van der Waals surface area contributed by atoms with Gasteiger partial charge in [-0.2, -0.15) is 0 Å². The number of benzene rings is 1. The van der Waals surface area contributed by atoms with Crippen LogP contribution in [0.25, 0.3) is 0 Å². The first-order valence-electron chi connectivity index (χ1n) is 6.28. The van der Waals surface area contributed by atoms with Crippen molar-refractivity contribution < 1.29 is 14.3 Å². The molecule has 0 saturated heterocycles. The maximum atomic E-state index is 11.9. The summed E-state index contributed by atoms with van der Waals surface area (Å²) in [6.07, 6.45) is 1.17. The van der Waals surface area contributed by atoms with Crippen LogP contribution in [0.5, 0.6) is 0 Å². The molecular formula is C14H18GeNO3. The fraction of sp³-hybridized carbons (Fsp3) is 0.429.